The Balaban J connectivity index is 2.39. The number of benzene rings is 1. The lowest BCUT2D eigenvalue weighted by Gasteiger charge is -2.07. The first-order chi connectivity index (χ1) is 8.45. The molecule has 0 N–H and O–H groups in total. The molecule has 0 unspecified atom stereocenters. The molecule has 0 aliphatic rings. The van der Waals surface area contributed by atoms with E-state index in [4.69, 9.17) is 16.3 Å². The van der Waals surface area contributed by atoms with E-state index < -0.39 is 11.6 Å². The molecule has 0 fully saturated rings. The predicted molar refractivity (Wildman–Crippen MR) is 65.9 cm³/mol. The van der Waals surface area contributed by atoms with E-state index in [1.165, 1.54) is 12.1 Å². The number of ether oxygens (including phenoxy) is 1. The summed E-state index contributed by atoms with van der Waals surface area (Å²) >= 11 is 8.75. The Labute approximate surface area is 115 Å². The van der Waals surface area contributed by atoms with Crippen molar-refractivity contribution < 1.29 is 13.5 Å². The van der Waals surface area contributed by atoms with Gasteiger partial charge in [0, 0.05) is 10.5 Å². The molecule has 18 heavy (non-hydrogen) atoms. The minimum atomic E-state index is -1.09. The number of halogens is 4. The van der Waals surface area contributed by atoms with Crippen molar-refractivity contribution in [2.45, 2.75) is 6.92 Å². The minimum Gasteiger partial charge on any atom is -0.436 e. The molecule has 2 rings (SSSR count). The van der Waals surface area contributed by atoms with E-state index in [0.717, 1.165) is 6.07 Å². The van der Waals surface area contributed by atoms with Gasteiger partial charge in [-0.05, 0) is 19.1 Å². The zero-order valence-electron chi connectivity index (χ0n) is 9.05. The maximum absolute atomic E-state index is 13.5. The Morgan fingerprint density at radius 2 is 1.94 bits per heavy atom. The monoisotopic (exact) mass is 334 g/mol. The Morgan fingerprint density at radius 1 is 1.22 bits per heavy atom. The standard InChI is InChI=1S/C11H6BrClF2N2O/c1-5-16-9(13)4-10(17-5)18-8-3-6(12)2-7(14)11(8)15/h2-4H,1H3. The molecule has 0 amide bonds. The Kier molecular flexibility index (Phi) is 3.77. The molecular formula is C11H6BrClF2N2O. The van der Waals surface area contributed by atoms with Crippen molar-refractivity contribution in [1.82, 2.24) is 9.97 Å². The van der Waals surface area contributed by atoms with Crippen LogP contribution in [0.4, 0.5) is 8.78 Å². The zero-order chi connectivity index (χ0) is 13.3. The average Bonchev–Trinajstić information content (AvgIpc) is 2.23. The van der Waals surface area contributed by atoms with Gasteiger partial charge in [0.15, 0.2) is 11.6 Å². The molecule has 2 aromatic rings. The van der Waals surface area contributed by atoms with Gasteiger partial charge in [-0.2, -0.15) is 9.37 Å². The molecule has 3 nitrogen and oxygen atoms in total. The summed E-state index contributed by atoms with van der Waals surface area (Å²) in [5.41, 5.74) is 0. The quantitative estimate of drug-likeness (QED) is 0.607. The fourth-order valence-electron chi connectivity index (χ4n) is 1.28. The van der Waals surface area contributed by atoms with E-state index in [1.807, 2.05) is 0 Å². The van der Waals surface area contributed by atoms with Crippen molar-refractivity contribution >= 4 is 27.5 Å². The second-order valence-electron chi connectivity index (χ2n) is 3.38. The Morgan fingerprint density at radius 3 is 2.61 bits per heavy atom. The summed E-state index contributed by atoms with van der Waals surface area (Å²) in [5.74, 6) is -1.98. The third-order valence-electron chi connectivity index (χ3n) is 1.96. The maximum atomic E-state index is 13.5. The number of rotatable bonds is 2. The summed E-state index contributed by atoms with van der Waals surface area (Å²) in [5, 5.41) is 0.161. The van der Waals surface area contributed by atoms with Gasteiger partial charge in [-0.25, -0.2) is 9.37 Å². The van der Waals surface area contributed by atoms with E-state index in [9.17, 15) is 8.78 Å². The first-order valence-corrected chi connectivity index (χ1v) is 5.96. The van der Waals surface area contributed by atoms with Gasteiger partial charge in [0.05, 0.1) is 0 Å². The van der Waals surface area contributed by atoms with Crippen molar-refractivity contribution in [3.63, 3.8) is 0 Å². The first-order valence-electron chi connectivity index (χ1n) is 4.79. The largest absolute Gasteiger partial charge is 0.436 e. The lowest BCUT2D eigenvalue weighted by atomic mass is 10.3. The van der Waals surface area contributed by atoms with E-state index in [1.54, 1.807) is 6.92 Å². The van der Waals surface area contributed by atoms with Gasteiger partial charge in [0.1, 0.15) is 11.0 Å². The van der Waals surface area contributed by atoms with Gasteiger partial charge in [0.25, 0.3) is 0 Å². The van der Waals surface area contributed by atoms with Crippen LogP contribution in [-0.2, 0) is 0 Å². The maximum Gasteiger partial charge on any atom is 0.224 e. The molecule has 94 valence electrons. The topological polar surface area (TPSA) is 35.0 Å². The molecule has 0 saturated carbocycles. The molecule has 0 spiro atoms. The van der Waals surface area contributed by atoms with Gasteiger partial charge in [0.2, 0.25) is 11.7 Å². The lowest BCUT2D eigenvalue weighted by molar-refractivity contribution is 0.403. The minimum absolute atomic E-state index is 0.0453. The van der Waals surface area contributed by atoms with E-state index >= 15 is 0 Å². The first kappa shape index (κ1) is 13.2. The van der Waals surface area contributed by atoms with Crippen LogP contribution in [-0.4, -0.2) is 9.97 Å². The van der Waals surface area contributed by atoms with Crippen molar-refractivity contribution in [3.8, 4) is 11.6 Å². The second kappa shape index (κ2) is 5.16. The highest BCUT2D eigenvalue weighted by atomic mass is 79.9. The molecule has 0 atom stereocenters. The van der Waals surface area contributed by atoms with Crippen molar-refractivity contribution in [3.05, 3.63) is 45.3 Å². The summed E-state index contributed by atoms with van der Waals surface area (Å²) in [6.45, 7) is 1.61. The molecule has 1 aromatic carbocycles. The highest BCUT2D eigenvalue weighted by Crippen LogP contribution is 2.29. The van der Waals surface area contributed by atoms with Gasteiger partial charge in [-0.1, -0.05) is 27.5 Å². The highest BCUT2D eigenvalue weighted by Gasteiger charge is 2.13. The molecule has 1 heterocycles. The molecule has 0 aliphatic heterocycles. The Bertz CT molecular complexity index is 590. The highest BCUT2D eigenvalue weighted by molar-refractivity contribution is 9.10. The molecule has 7 heteroatoms. The van der Waals surface area contributed by atoms with Crippen LogP contribution in [0.15, 0.2) is 22.7 Å². The fourth-order valence-corrected chi connectivity index (χ4v) is 1.90. The van der Waals surface area contributed by atoms with Crippen LogP contribution < -0.4 is 4.74 Å². The number of nitrogens with zero attached hydrogens (tertiary/aromatic N) is 2. The summed E-state index contributed by atoms with van der Waals surface area (Å²) in [7, 11) is 0. The van der Waals surface area contributed by atoms with Crippen LogP contribution in [0.1, 0.15) is 5.82 Å². The third kappa shape index (κ3) is 2.94. The Hall–Kier alpha value is -1.27. The predicted octanol–water partition coefficient (Wildman–Crippen LogP) is 4.27. The normalized spacial score (nSPS) is 10.5. The van der Waals surface area contributed by atoms with Gasteiger partial charge < -0.3 is 4.74 Å². The zero-order valence-corrected chi connectivity index (χ0v) is 11.4. The SMILES string of the molecule is Cc1nc(Cl)cc(Oc2cc(Br)cc(F)c2F)n1. The van der Waals surface area contributed by atoms with Crippen LogP contribution in [0.5, 0.6) is 11.6 Å². The van der Waals surface area contributed by atoms with Crippen molar-refractivity contribution in [2.24, 2.45) is 0 Å². The summed E-state index contributed by atoms with van der Waals surface area (Å²) < 4.78 is 32.1. The van der Waals surface area contributed by atoms with Gasteiger partial charge in [-0.3, -0.25) is 0 Å². The van der Waals surface area contributed by atoms with Crippen LogP contribution >= 0.6 is 27.5 Å². The molecule has 0 saturated heterocycles. The summed E-state index contributed by atoms with van der Waals surface area (Å²) in [6, 6.07) is 3.61. The van der Waals surface area contributed by atoms with Crippen LogP contribution in [0.3, 0.4) is 0 Å². The van der Waals surface area contributed by atoms with Crippen LogP contribution in [0, 0.1) is 18.6 Å². The average molecular weight is 336 g/mol. The van der Waals surface area contributed by atoms with Gasteiger partial charge in [-0.15, -0.1) is 0 Å². The number of hydrogen-bond acceptors (Lipinski definition) is 3. The number of aryl methyl sites for hydroxylation is 1. The van der Waals surface area contributed by atoms with Gasteiger partial charge >= 0.3 is 0 Å². The molecule has 0 aliphatic carbocycles. The van der Waals surface area contributed by atoms with Crippen molar-refractivity contribution in [1.29, 1.82) is 0 Å². The molecule has 0 radical (unpaired) electrons. The summed E-state index contributed by atoms with van der Waals surface area (Å²) in [4.78, 5) is 7.74. The van der Waals surface area contributed by atoms with Crippen LogP contribution in [0.25, 0.3) is 0 Å². The van der Waals surface area contributed by atoms with E-state index in [-0.39, 0.29) is 16.8 Å². The molecular weight excluding hydrogens is 329 g/mol. The van der Waals surface area contributed by atoms with Crippen LogP contribution in [0.2, 0.25) is 5.15 Å². The lowest BCUT2D eigenvalue weighted by Crippen LogP contribution is -1.96. The smallest absolute Gasteiger partial charge is 0.224 e. The second-order valence-corrected chi connectivity index (χ2v) is 4.68. The summed E-state index contributed by atoms with van der Waals surface area (Å²) in [6.07, 6.45) is 0. The number of hydrogen-bond donors (Lipinski definition) is 0. The van der Waals surface area contributed by atoms with E-state index in [2.05, 4.69) is 25.9 Å². The molecule has 1 aromatic heterocycles. The van der Waals surface area contributed by atoms with E-state index in [0.29, 0.717) is 10.3 Å². The number of aromatic nitrogens is 2. The van der Waals surface area contributed by atoms with Crippen molar-refractivity contribution in [2.75, 3.05) is 0 Å². The third-order valence-corrected chi connectivity index (χ3v) is 2.61. The molecule has 0 bridgehead atoms. The fraction of sp³-hybridized carbons (Fsp3) is 0.0909.